The van der Waals surface area contributed by atoms with Gasteiger partial charge in [0.1, 0.15) is 5.75 Å². The quantitative estimate of drug-likeness (QED) is 0.811. The maximum Gasteiger partial charge on any atom is 0.334 e. The summed E-state index contributed by atoms with van der Waals surface area (Å²) in [5, 5.41) is 20.3. The van der Waals surface area contributed by atoms with Crippen LogP contribution in [0.25, 0.3) is 0 Å². The van der Waals surface area contributed by atoms with Crippen molar-refractivity contribution in [3.8, 4) is 5.75 Å². The lowest BCUT2D eigenvalue weighted by molar-refractivity contribution is -0.0893. The molecule has 0 aromatic heterocycles. The second kappa shape index (κ2) is 4.84. The van der Waals surface area contributed by atoms with Crippen LogP contribution in [0.15, 0.2) is 12.1 Å². The van der Waals surface area contributed by atoms with Crippen molar-refractivity contribution in [2.24, 2.45) is 0 Å². The number of rotatable bonds is 4. The molecule has 0 unspecified atom stereocenters. The standard InChI is InChI=1S/C15H22BO3/c1-14(2,18)15(3,4)19-16-12-9-8-10-6-5-7-11(10)13(12)17/h8-9,17-18H,5-7H2,1-4H3. The molecule has 3 nitrogen and oxygen atoms in total. The molecule has 2 N–H and O–H groups in total. The van der Waals surface area contributed by atoms with Gasteiger partial charge in [-0.1, -0.05) is 12.1 Å². The van der Waals surface area contributed by atoms with Crippen molar-refractivity contribution in [2.75, 3.05) is 0 Å². The molecule has 0 amide bonds. The van der Waals surface area contributed by atoms with Gasteiger partial charge in [0.15, 0.2) is 0 Å². The number of fused-ring (bicyclic) bond motifs is 1. The van der Waals surface area contributed by atoms with Crippen molar-refractivity contribution >= 4 is 12.9 Å². The van der Waals surface area contributed by atoms with Crippen molar-refractivity contribution in [1.29, 1.82) is 0 Å². The lowest BCUT2D eigenvalue weighted by atomic mass is 9.81. The maximum absolute atomic E-state index is 10.2. The molecular formula is C15H22BO3. The van der Waals surface area contributed by atoms with Gasteiger partial charge in [-0.3, -0.25) is 0 Å². The Balaban J connectivity index is 2.13. The van der Waals surface area contributed by atoms with Crippen LogP contribution in [0.2, 0.25) is 0 Å². The summed E-state index contributed by atoms with van der Waals surface area (Å²) in [6, 6.07) is 3.92. The Hall–Kier alpha value is -0.995. The van der Waals surface area contributed by atoms with Crippen molar-refractivity contribution in [1.82, 2.24) is 0 Å². The molecule has 0 fully saturated rings. The van der Waals surface area contributed by atoms with E-state index < -0.39 is 11.2 Å². The highest BCUT2D eigenvalue weighted by Crippen LogP contribution is 2.29. The summed E-state index contributed by atoms with van der Waals surface area (Å²) in [5.41, 5.74) is 1.27. The highest BCUT2D eigenvalue weighted by molar-refractivity contribution is 6.48. The van der Waals surface area contributed by atoms with Gasteiger partial charge in [-0.15, -0.1) is 0 Å². The number of aliphatic hydroxyl groups is 1. The number of phenols is 1. The Morgan fingerprint density at radius 2 is 1.84 bits per heavy atom. The molecule has 4 heteroatoms. The second-order valence-electron chi connectivity index (χ2n) is 6.30. The monoisotopic (exact) mass is 261 g/mol. The van der Waals surface area contributed by atoms with Crippen molar-refractivity contribution in [2.45, 2.75) is 58.2 Å². The summed E-state index contributed by atoms with van der Waals surface area (Å²) in [6.07, 6.45) is 3.07. The van der Waals surface area contributed by atoms with Gasteiger partial charge in [-0.25, -0.2) is 0 Å². The third-order valence-electron chi connectivity index (χ3n) is 4.24. The fraction of sp³-hybridized carbons (Fsp3) is 0.600. The lowest BCUT2D eigenvalue weighted by Crippen LogP contribution is -2.49. The number of hydrogen-bond acceptors (Lipinski definition) is 3. The molecule has 0 heterocycles. The molecule has 1 aliphatic rings. The van der Waals surface area contributed by atoms with Gasteiger partial charge in [0.2, 0.25) is 0 Å². The van der Waals surface area contributed by atoms with Gasteiger partial charge < -0.3 is 14.9 Å². The fourth-order valence-corrected chi connectivity index (χ4v) is 2.12. The summed E-state index contributed by atoms with van der Waals surface area (Å²) >= 11 is 0. The molecular weight excluding hydrogens is 239 g/mol. The van der Waals surface area contributed by atoms with Crippen molar-refractivity contribution in [3.63, 3.8) is 0 Å². The molecule has 103 valence electrons. The minimum Gasteiger partial charge on any atom is -0.508 e. The van der Waals surface area contributed by atoms with Crippen LogP contribution in [0, 0.1) is 0 Å². The van der Waals surface area contributed by atoms with E-state index in [1.54, 1.807) is 21.3 Å². The average Bonchev–Trinajstić information content (AvgIpc) is 2.75. The second-order valence-corrected chi connectivity index (χ2v) is 6.30. The normalized spacial score (nSPS) is 15.4. The van der Waals surface area contributed by atoms with Gasteiger partial charge in [0, 0.05) is 0 Å². The summed E-state index contributed by atoms with van der Waals surface area (Å²) < 4.78 is 5.69. The van der Waals surface area contributed by atoms with Crippen molar-refractivity contribution < 1.29 is 14.9 Å². The highest BCUT2D eigenvalue weighted by atomic mass is 16.5. The zero-order valence-corrected chi connectivity index (χ0v) is 12.2. The van der Waals surface area contributed by atoms with E-state index in [9.17, 15) is 10.2 Å². The lowest BCUT2D eigenvalue weighted by Gasteiger charge is -2.37. The summed E-state index contributed by atoms with van der Waals surface area (Å²) in [5.74, 6) is 0.321. The highest BCUT2D eigenvalue weighted by Gasteiger charge is 2.36. The molecule has 1 aliphatic carbocycles. The number of aromatic hydroxyl groups is 1. The first kappa shape index (κ1) is 14.4. The van der Waals surface area contributed by atoms with E-state index in [-0.39, 0.29) is 0 Å². The van der Waals surface area contributed by atoms with Crippen molar-refractivity contribution in [3.05, 3.63) is 23.3 Å². The van der Waals surface area contributed by atoms with E-state index in [2.05, 4.69) is 0 Å². The zero-order valence-electron chi connectivity index (χ0n) is 12.2. The van der Waals surface area contributed by atoms with Crippen LogP contribution in [0.4, 0.5) is 0 Å². The fourth-order valence-electron chi connectivity index (χ4n) is 2.12. The Morgan fingerprint density at radius 1 is 1.16 bits per heavy atom. The smallest absolute Gasteiger partial charge is 0.334 e. The van der Waals surface area contributed by atoms with Gasteiger partial charge in [-0.05, 0) is 63.5 Å². The van der Waals surface area contributed by atoms with E-state index in [0.29, 0.717) is 11.2 Å². The zero-order chi connectivity index (χ0) is 14.3. The molecule has 1 aromatic carbocycles. The van der Waals surface area contributed by atoms with E-state index in [0.717, 1.165) is 24.8 Å². The molecule has 0 aliphatic heterocycles. The van der Waals surface area contributed by atoms with Gasteiger partial charge in [0.05, 0.1) is 11.2 Å². The molecule has 1 aromatic rings. The van der Waals surface area contributed by atoms with Crippen LogP contribution in [-0.2, 0) is 17.5 Å². The Bertz CT molecular complexity index is 475. The third kappa shape index (κ3) is 2.80. The topological polar surface area (TPSA) is 49.7 Å². The first-order chi connectivity index (χ1) is 8.72. The molecule has 0 bridgehead atoms. The van der Waals surface area contributed by atoms with Gasteiger partial charge in [0.25, 0.3) is 0 Å². The van der Waals surface area contributed by atoms with Crippen LogP contribution < -0.4 is 5.46 Å². The van der Waals surface area contributed by atoms with E-state index in [1.807, 2.05) is 26.0 Å². The van der Waals surface area contributed by atoms with E-state index >= 15 is 0 Å². The number of benzene rings is 1. The van der Waals surface area contributed by atoms with E-state index in [1.165, 1.54) is 5.56 Å². The third-order valence-corrected chi connectivity index (χ3v) is 4.24. The first-order valence-electron chi connectivity index (χ1n) is 6.79. The van der Waals surface area contributed by atoms with E-state index in [4.69, 9.17) is 4.65 Å². The Morgan fingerprint density at radius 3 is 2.47 bits per heavy atom. The molecule has 0 atom stereocenters. The van der Waals surface area contributed by atoms with Crippen LogP contribution >= 0.6 is 0 Å². The molecule has 0 saturated heterocycles. The van der Waals surface area contributed by atoms with Gasteiger partial charge in [-0.2, -0.15) is 0 Å². The van der Waals surface area contributed by atoms with Crippen LogP contribution in [0.1, 0.15) is 45.2 Å². The van der Waals surface area contributed by atoms with Crippen LogP contribution in [-0.4, -0.2) is 28.9 Å². The predicted molar refractivity (Wildman–Crippen MR) is 77.0 cm³/mol. The Kier molecular flexibility index (Phi) is 3.67. The number of aryl methyl sites for hydroxylation is 1. The predicted octanol–water partition coefficient (Wildman–Crippen LogP) is 1.69. The first-order valence-corrected chi connectivity index (χ1v) is 6.79. The largest absolute Gasteiger partial charge is 0.508 e. The molecule has 0 saturated carbocycles. The minimum absolute atomic E-state index is 0.321. The molecule has 19 heavy (non-hydrogen) atoms. The molecule has 0 spiro atoms. The summed E-state index contributed by atoms with van der Waals surface area (Å²) in [7, 11) is 1.55. The average molecular weight is 261 g/mol. The summed E-state index contributed by atoms with van der Waals surface area (Å²) in [6.45, 7) is 7.08. The van der Waals surface area contributed by atoms with Crippen LogP contribution in [0.3, 0.4) is 0 Å². The van der Waals surface area contributed by atoms with Crippen LogP contribution in [0.5, 0.6) is 5.75 Å². The van der Waals surface area contributed by atoms with Gasteiger partial charge >= 0.3 is 7.48 Å². The molecule has 1 radical (unpaired) electrons. The number of phenolic OH excluding ortho intramolecular Hbond substituents is 1. The maximum atomic E-state index is 10.2. The summed E-state index contributed by atoms with van der Waals surface area (Å²) in [4.78, 5) is 0. The minimum atomic E-state index is -0.962. The molecule has 2 rings (SSSR count). The Labute approximate surface area is 115 Å². The number of hydrogen-bond donors (Lipinski definition) is 2. The SMILES string of the molecule is CC(C)(O)C(C)(C)O[B]c1ccc2c(c1O)CCC2.